The molecule has 1 N–H and O–H groups in total. The Morgan fingerprint density at radius 3 is 2.67 bits per heavy atom. The first-order chi connectivity index (χ1) is 6.91. The van der Waals surface area contributed by atoms with Crippen LogP contribution in [0.25, 0.3) is 0 Å². The molecule has 0 aromatic carbocycles. The summed E-state index contributed by atoms with van der Waals surface area (Å²) in [5.41, 5.74) is 2.25. The smallest absolute Gasteiger partial charge is 0.294 e. The second-order valence-electron chi connectivity index (χ2n) is 4.85. The Morgan fingerprint density at radius 2 is 2.07 bits per heavy atom. The first-order valence-electron chi connectivity index (χ1n) is 4.93. The van der Waals surface area contributed by atoms with Gasteiger partial charge in [0.2, 0.25) is 0 Å². The van der Waals surface area contributed by atoms with Crippen LogP contribution in [-0.2, 0) is 5.41 Å². The van der Waals surface area contributed by atoms with Crippen LogP contribution in [0.2, 0.25) is 0 Å². The number of carbonyl (C=O) groups is 1. The highest BCUT2D eigenvalue weighted by Crippen LogP contribution is 2.33. The van der Waals surface area contributed by atoms with Crippen molar-refractivity contribution < 1.29 is 4.79 Å². The molecule has 0 unspecified atom stereocenters. The zero-order chi connectivity index (χ0) is 11.2. The third kappa shape index (κ3) is 1.48. The van der Waals surface area contributed by atoms with Crippen molar-refractivity contribution in [2.45, 2.75) is 26.2 Å². The van der Waals surface area contributed by atoms with Gasteiger partial charge in [0.1, 0.15) is 12.4 Å². The van der Waals surface area contributed by atoms with Crippen LogP contribution in [0.5, 0.6) is 0 Å². The lowest BCUT2D eigenvalue weighted by atomic mass is 9.90. The molecule has 0 spiro atoms. The van der Waals surface area contributed by atoms with Gasteiger partial charge in [-0.1, -0.05) is 20.8 Å². The van der Waals surface area contributed by atoms with Gasteiger partial charge in [-0.3, -0.25) is 9.89 Å². The molecule has 5 nitrogen and oxygen atoms in total. The van der Waals surface area contributed by atoms with Crippen LogP contribution < -0.4 is 10.2 Å². The second kappa shape index (κ2) is 2.98. The highest BCUT2D eigenvalue weighted by Gasteiger charge is 2.32. The molecule has 5 heteroatoms. The van der Waals surface area contributed by atoms with Crippen LogP contribution in [0.15, 0.2) is 0 Å². The quantitative estimate of drug-likeness (QED) is 0.686. The summed E-state index contributed by atoms with van der Waals surface area (Å²) in [6, 6.07) is 0. The number of H-pyrrole nitrogens is 1. The Hall–Kier alpha value is -1.52. The molecule has 0 bridgehead atoms. The van der Waals surface area contributed by atoms with Crippen LogP contribution in [0.3, 0.4) is 0 Å². The number of nitrogens with zero attached hydrogens (tertiary/aromatic N) is 3. The summed E-state index contributed by atoms with van der Waals surface area (Å²) in [6.07, 6.45) is 0. The molecule has 0 fully saturated rings. The summed E-state index contributed by atoms with van der Waals surface area (Å²) in [5.74, 6) is -0.203. The maximum atomic E-state index is 11.5. The van der Waals surface area contributed by atoms with Gasteiger partial charge in [0.25, 0.3) is 5.91 Å². The highest BCUT2D eigenvalue weighted by molar-refractivity contribution is 6.00. The fraction of sp³-hybridized carbons (Fsp3) is 0.600. The van der Waals surface area contributed by atoms with Gasteiger partial charge in [-0.05, 0) is 0 Å². The molecule has 0 saturated carbocycles. The minimum Gasteiger partial charge on any atom is -0.352 e. The van der Waals surface area contributed by atoms with E-state index < -0.39 is 0 Å². The van der Waals surface area contributed by atoms with Gasteiger partial charge in [0, 0.05) is 12.5 Å². The lowest BCUT2D eigenvalue weighted by molar-refractivity contribution is 0.0938. The number of hydrogen-bond acceptors (Lipinski definition) is 3. The molecule has 1 amide bonds. The molecule has 0 saturated heterocycles. The SMILES string of the molecule is CN1C[N]C(=O)c2[nH]nc(C(C)(C)C)c21. The summed E-state index contributed by atoms with van der Waals surface area (Å²) in [6.45, 7) is 6.64. The van der Waals surface area contributed by atoms with Crippen LogP contribution in [0, 0.1) is 0 Å². The number of aromatic amines is 1. The van der Waals surface area contributed by atoms with Gasteiger partial charge < -0.3 is 4.90 Å². The number of anilines is 1. The van der Waals surface area contributed by atoms with Crippen molar-refractivity contribution in [1.29, 1.82) is 0 Å². The topological polar surface area (TPSA) is 63.1 Å². The van der Waals surface area contributed by atoms with E-state index in [2.05, 4.69) is 36.3 Å². The lowest BCUT2D eigenvalue weighted by Crippen LogP contribution is -2.37. The average Bonchev–Trinajstić information content (AvgIpc) is 2.55. The largest absolute Gasteiger partial charge is 0.352 e. The van der Waals surface area contributed by atoms with E-state index in [-0.39, 0.29) is 11.3 Å². The predicted octanol–water partition coefficient (Wildman–Crippen LogP) is 0.859. The van der Waals surface area contributed by atoms with Crippen LogP contribution >= 0.6 is 0 Å². The zero-order valence-corrected chi connectivity index (χ0v) is 9.46. The number of aromatic nitrogens is 2. The van der Waals surface area contributed by atoms with Crippen LogP contribution in [0.4, 0.5) is 5.69 Å². The van der Waals surface area contributed by atoms with Gasteiger partial charge in [-0.25, -0.2) is 5.32 Å². The third-order valence-electron chi connectivity index (χ3n) is 2.47. The average molecular weight is 207 g/mol. The molecule has 1 radical (unpaired) electrons. The van der Waals surface area contributed by atoms with Gasteiger partial charge in [-0.15, -0.1) is 0 Å². The van der Waals surface area contributed by atoms with E-state index in [9.17, 15) is 4.79 Å². The monoisotopic (exact) mass is 207 g/mol. The van der Waals surface area contributed by atoms with Crippen molar-refractivity contribution in [2.24, 2.45) is 0 Å². The van der Waals surface area contributed by atoms with Crippen molar-refractivity contribution in [1.82, 2.24) is 15.5 Å². The number of carbonyl (C=O) groups excluding carboxylic acids is 1. The van der Waals surface area contributed by atoms with E-state index in [0.29, 0.717) is 12.4 Å². The molecule has 0 atom stereocenters. The molecule has 15 heavy (non-hydrogen) atoms. The van der Waals surface area contributed by atoms with Gasteiger partial charge >= 0.3 is 0 Å². The summed E-state index contributed by atoms with van der Waals surface area (Å²) in [4.78, 5) is 13.5. The summed E-state index contributed by atoms with van der Waals surface area (Å²) in [7, 11) is 1.92. The molecule has 1 aromatic heterocycles. The second-order valence-corrected chi connectivity index (χ2v) is 4.85. The fourth-order valence-corrected chi connectivity index (χ4v) is 1.70. The highest BCUT2D eigenvalue weighted by atomic mass is 16.2. The molecular formula is C10H15N4O. The molecule has 1 aliphatic heterocycles. The number of fused-ring (bicyclic) bond motifs is 1. The lowest BCUT2D eigenvalue weighted by Gasteiger charge is -2.27. The first kappa shape index (κ1) is 10.0. The molecular weight excluding hydrogens is 192 g/mol. The molecule has 1 aromatic rings. The molecule has 81 valence electrons. The number of hydrogen-bond donors (Lipinski definition) is 1. The van der Waals surface area contributed by atoms with E-state index in [4.69, 9.17) is 0 Å². The van der Waals surface area contributed by atoms with Crippen molar-refractivity contribution in [3.63, 3.8) is 0 Å². The molecule has 2 rings (SSSR count). The van der Waals surface area contributed by atoms with E-state index in [1.54, 1.807) is 0 Å². The molecule has 2 heterocycles. The van der Waals surface area contributed by atoms with E-state index in [1.165, 1.54) is 0 Å². The Kier molecular flexibility index (Phi) is 1.99. The van der Waals surface area contributed by atoms with Crippen molar-refractivity contribution >= 4 is 11.6 Å². The number of amides is 1. The number of nitrogens with one attached hydrogen (secondary N) is 1. The van der Waals surface area contributed by atoms with Crippen molar-refractivity contribution in [2.75, 3.05) is 18.6 Å². The van der Waals surface area contributed by atoms with Gasteiger partial charge in [0.05, 0.1) is 11.4 Å². The Morgan fingerprint density at radius 1 is 1.40 bits per heavy atom. The Balaban J connectivity index is 2.58. The first-order valence-corrected chi connectivity index (χ1v) is 4.93. The maximum Gasteiger partial charge on any atom is 0.294 e. The summed E-state index contributed by atoms with van der Waals surface area (Å²) >= 11 is 0. The molecule has 1 aliphatic rings. The van der Waals surface area contributed by atoms with Crippen LogP contribution in [-0.4, -0.2) is 29.8 Å². The van der Waals surface area contributed by atoms with E-state index in [1.807, 2.05) is 11.9 Å². The predicted molar refractivity (Wildman–Crippen MR) is 57.0 cm³/mol. The van der Waals surface area contributed by atoms with Crippen molar-refractivity contribution in [3.8, 4) is 0 Å². The zero-order valence-electron chi connectivity index (χ0n) is 9.46. The van der Waals surface area contributed by atoms with Gasteiger partial charge in [0.15, 0.2) is 0 Å². The normalized spacial score (nSPS) is 16.3. The summed E-state index contributed by atoms with van der Waals surface area (Å²) < 4.78 is 0. The minimum absolute atomic E-state index is 0.0734. The standard InChI is InChI=1S/C10H15N4O/c1-10(2,3)8-7-6(12-13-8)9(15)11-5-14(7)4/h5H2,1-4H3,(H,12,13). The van der Waals surface area contributed by atoms with Crippen molar-refractivity contribution in [3.05, 3.63) is 11.4 Å². The van der Waals surface area contributed by atoms with Crippen LogP contribution in [0.1, 0.15) is 37.0 Å². The molecule has 0 aliphatic carbocycles. The third-order valence-corrected chi connectivity index (χ3v) is 2.47. The maximum absolute atomic E-state index is 11.5. The number of rotatable bonds is 0. The van der Waals surface area contributed by atoms with E-state index >= 15 is 0 Å². The van der Waals surface area contributed by atoms with Gasteiger partial charge in [-0.2, -0.15) is 5.10 Å². The Labute approximate surface area is 88.8 Å². The summed E-state index contributed by atoms with van der Waals surface area (Å²) in [5, 5.41) is 10.9. The Bertz CT molecular complexity index is 402. The minimum atomic E-state index is -0.203. The fourth-order valence-electron chi connectivity index (χ4n) is 1.70. The van der Waals surface area contributed by atoms with E-state index in [0.717, 1.165) is 11.4 Å².